The Morgan fingerprint density at radius 1 is 1.02 bits per heavy atom. The van der Waals surface area contributed by atoms with Gasteiger partial charge in [0.05, 0.1) is 12.2 Å². The second-order valence-electron chi connectivity index (χ2n) is 13.5. The van der Waals surface area contributed by atoms with Gasteiger partial charge in [-0.3, -0.25) is 14.4 Å². The number of aliphatic hydroxyl groups is 4. The van der Waals surface area contributed by atoms with Crippen LogP contribution in [0.15, 0.2) is 23.3 Å². The van der Waals surface area contributed by atoms with Crippen molar-refractivity contribution in [2.75, 3.05) is 6.61 Å². The number of aliphatic hydroxyl groups excluding tert-OH is 1. The van der Waals surface area contributed by atoms with E-state index in [0.29, 0.717) is 12.0 Å². The summed E-state index contributed by atoms with van der Waals surface area (Å²) in [5.74, 6) is -5.51. The molecule has 8 nitrogen and oxygen atoms in total. The smallest absolute Gasteiger partial charge is 0.303 e. The number of ether oxygens (including phenoxy) is 1. The minimum atomic E-state index is -2.26. The van der Waals surface area contributed by atoms with Gasteiger partial charge in [0.2, 0.25) is 0 Å². The molecule has 0 aliphatic heterocycles. The molecule has 4 aliphatic carbocycles. The van der Waals surface area contributed by atoms with E-state index in [9.17, 15) is 34.8 Å². The molecule has 8 heteroatoms. The number of ketones is 2. The highest BCUT2D eigenvalue weighted by molar-refractivity contribution is 6.05. The minimum Gasteiger partial charge on any atom is -0.455 e. The standard InChI is InChI=1S/C32H48O8/c1-7-8-9-10-11-12-13-14-25(35)31(39)20(3)30(38)23(26-28(5,6)32(26,31)40-21(4)34)16-22(18-33)17-29(37)24(30)15-19(2)27(29)36/h15-16,20,23-24,26,33,37-39H,7-14,17-18H2,1-6H3/t20-,23-,24+,26+,29+,30+,31-,32-/m0/s1. The Balaban J connectivity index is 1.80. The quantitative estimate of drug-likeness (QED) is 0.171. The predicted molar refractivity (Wildman–Crippen MR) is 149 cm³/mol. The number of fused-ring (bicyclic) bond motifs is 5. The van der Waals surface area contributed by atoms with Crippen LogP contribution in [0.3, 0.4) is 0 Å². The summed E-state index contributed by atoms with van der Waals surface area (Å²) >= 11 is 0. The van der Waals surface area contributed by atoms with Crippen molar-refractivity contribution < 1.29 is 39.5 Å². The third-order valence-corrected chi connectivity index (χ3v) is 10.9. The van der Waals surface area contributed by atoms with Crippen LogP contribution in [0.5, 0.6) is 0 Å². The van der Waals surface area contributed by atoms with Crippen molar-refractivity contribution in [3.63, 3.8) is 0 Å². The summed E-state index contributed by atoms with van der Waals surface area (Å²) in [7, 11) is 0. The summed E-state index contributed by atoms with van der Waals surface area (Å²) in [5.41, 5.74) is -8.08. The second-order valence-corrected chi connectivity index (χ2v) is 13.5. The molecule has 40 heavy (non-hydrogen) atoms. The Kier molecular flexibility index (Phi) is 8.11. The molecule has 4 rings (SSSR count). The number of carbonyl (C=O) groups excluding carboxylic acids is 3. The van der Waals surface area contributed by atoms with Gasteiger partial charge in [-0.05, 0) is 24.5 Å². The lowest BCUT2D eigenvalue weighted by Crippen LogP contribution is -2.73. The van der Waals surface area contributed by atoms with Gasteiger partial charge < -0.3 is 25.2 Å². The molecular weight excluding hydrogens is 512 g/mol. The van der Waals surface area contributed by atoms with E-state index >= 15 is 0 Å². The summed E-state index contributed by atoms with van der Waals surface area (Å²) < 4.78 is 5.97. The van der Waals surface area contributed by atoms with E-state index in [1.54, 1.807) is 26.0 Å². The maximum absolute atomic E-state index is 14.1. The van der Waals surface area contributed by atoms with Crippen LogP contribution in [0, 0.1) is 29.1 Å². The fraction of sp³-hybridized carbons (Fsp3) is 0.781. The van der Waals surface area contributed by atoms with Gasteiger partial charge >= 0.3 is 5.97 Å². The average molecular weight is 561 g/mol. The molecule has 0 radical (unpaired) electrons. The topological polar surface area (TPSA) is 141 Å². The summed E-state index contributed by atoms with van der Waals surface area (Å²) in [4.78, 5) is 39.9. The van der Waals surface area contributed by atoms with Crippen LogP contribution in [0.25, 0.3) is 0 Å². The van der Waals surface area contributed by atoms with E-state index in [2.05, 4.69) is 6.92 Å². The highest BCUT2D eigenvalue weighted by Crippen LogP contribution is 2.79. The first kappa shape index (κ1) is 31.1. The summed E-state index contributed by atoms with van der Waals surface area (Å²) in [6.07, 6.45) is 10.0. The zero-order valence-corrected chi connectivity index (χ0v) is 25.0. The largest absolute Gasteiger partial charge is 0.455 e. The van der Waals surface area contributed by atoms with Gasteiger partial charge in [0.15, 0.2) is 22.8 Å². The lowest BCUT2D eigenvalue weighted by molar-refractivity contribution is -0.251. The molecule has 0 aromatic heterocycles. The number of rotatable bonds is 11. The monoisotopic (exact) mass is 560 g/mol. The molecule has 8 atom stereocenters. The molecule has 0 heterocycles. The van der Waals surface area contributed by atoms with E-state index in [4.69, 9.17) is 4.74 Å². The number of Topliss-reactive ketones (excluding diaryl/α,β-unsaturated/α-hetero) is 2. The number of hydrogen-bond donors (Lipinski definition) is 4. The molecule has 0 spiro atoms. The Labute approximate surface area is 237 Å². The van der Waals surface area contributed by atoms with E-state index in [-0.39, 0.29) is 18.4 Å². The predicted octanol–water partition coefficient (Wildman–Crippen LogP) is 3.58. The first-order chi connectivity index (χ1) is 18.6. The van der Waals surface area contributed by atoms with Crippen molar-refractivity contribution in [1.29, 1.82) is 0 Å². The number of esters is 1. The molecule has 0 unspecified atom stereocenters. The third kappa shape index (κ3) is 4.03. The van der Waals surface area contributed by atoms with Gasteiger partial charge in [-0.1, -0.05) is 78.4 Å². The zero-order chi connectivity index (χ0) is 29.9. The first-order valence-corrected chi connectivity index (χ1v) is 15.1. The summed E-state index contributed by atoms with van der Waals surface area (Å²) in [6, 6.07) is 0. The fourth-order valence-electron chi connectivity index (χ4n) is 8.91. The maximum Gasteiger partial charge on any atom is 0.303 e. The molecular formula is C32H48O8. The molecule has 0 aromatic carbocycles. The fourth-order valence-corrected chi connectivity index (χ4v) is 8.91. The van der Waals surface area contributed by atoms with Crippen molar-refractivity contribution in [2.24, 2.45) is 29.1 Å². The van der Waals surface area contributed by atoms with Crippen LogP contribution in [0.2, 0.25) is 0 Å². The van der Waals surface area contributed by atoms with Crippen LogP contribution in [-0.4, -0.2) is 67.0 Å². The summed E-state index contributed by atoms with van der Waals surface area (Å²) in [5, 5.41) is 47.4. The Morgan fingerprint density at radius 2 is 1.62 bits per heavy atom. The van der Waals surface area contributed by atoms with Crippen LogP contribution >= 0.6 is 0 Å². The molecule has 224 valence electrons. The Bertz CT molecular complexity index is 1120. The van der Waals surface area contributed by atoms with E-state index in [1.807, 2.05) is 13.8 Å². The molecule has 4 N–H and O–H groups in total. The van der Waals surface area contributed by atoms with Crippen molar-refractivity contribution in [2.45, 2.75) is 122 Å². The lowest BCUT2D eigenvalue weighted by Gasteiger charge is -2.56. The highest BCUT2D eigenvalue weighted by atomic mass is 16.6. The lowest BCUT2D eigenvalue weighted by atomic mass is 9.53. The van der Waals surface area contributed by atoms with Gasteiger partial charge in [0, 0.05) is 48.9 Å². The zero-order valence-electron chi connectivity index (χ0n) is 25.0. The van der Waals surface area contributed by atoms with Gasteiger partial charge in [-0.15, -0.1) is 0 Å². The Hall–Kier alpha value is -1.87. The van der Waals surface area contributed by atoms with E-state index in [1.165, 1.54) is 13.3 Å². The van der Waals surface area contributed by atoms with Crippen LogP contribution in [0.1, 0.15) is 99.3 Å². The van der Waals surface area contributed by atoms with Crippen LogP contribution in [-0.2, 0) is 19.1 Å². The minimum absolute atomic E-state index is 0.0572. The van der Waals surface area contributed by atoms with Gasteiger partial charge in [0.1, 0.15) is 5.60 Å². The molecule has 0 bridgehead atoms. The molecule has 0 amide bonds. The summed E-state index contributed by atoms with van der Waals surface area (Å²) in [6.45, 7) is 9.74. The first-order valence-electron chi connectivity index (χ1n) is 15.1. The van der Waals surface area contributed by atoms with E-state index < -0.39 is 75.6 Å². The Morgan fingerprint density at radius 3 is 2.20 bits per heavy atom. The van der Waals surface area contributed by atoms with Crippen molar-refractivity contribution in [3.8, 4) is 0 Å². The highest BCUT2D eigenvalue weighted by Gasteiger charge is 2.92. The van der Waals surface area contributed by atoms with Gasteiger partial charge in [-0.2, -0.15) is 0 Å². The molecule has 4 aliphatic rings. The molecule has 2 saturated carbocycles. The van der Waals surface area contributed by atoms with Gasteiger partial charge in [0.25, 0.3) is 0 Å². The SMILES string of the molecule is CCCCCCCCCC(=O)[C@@]1(O)[C@@H](C)[C@@]2(O)[C@@H](C=C(CO)C[C@]3(O)C(=O)C(C)=C[C@@H]23)[C@@H]2C(C)(C)[C@@]21OC(C)=O. The maximum atomic E-state index is 14.1. The second kappa shape index (κ2) is 10.4. The van der Waals surface area contributed by atoms with Crippen molar-refractivity contribution in [3.05, 3.63) is 23.3 Å². The normalized spacial score (nSPS) is 41.2. The number of hydrogen-bond acceptors (Lipinski definition) is 8. The number of carbonyl (C=O) groups is 3. The molecule has 2 fully saturated rings. The molecule has 0 saturated heterocycles. The van der Waals surface area contributed by atoms with E-state index in [0.717, 1.165) is 32.1 Å². The third-order valence-electron chi connectivity index (χ3n) is 10.9. The van der Waals surface area contributed by atoms with Crippen molar-refractivity contribution >= 4 is 17.5 Å². The molecule has 0 aromatic rings. The van der Waals surface area contributed by atoms with Gasteiger partial charge in [-0.25, -0.2) is 0 Å². The number of unbranched alkanes of at least 4 members (excludes halogenated alkanes) is 6. The average Bonchev–Trinajstić information content (AvgIpc) is 3.32. The van der Waals surface area contributed by atoms with Crippen LogP contribution < -0.4 is 0 Å². The van der Waals surface area contributed by atoms with Crippen LogP contribution in [0.4, 0.5) is 0 Å². The van der Waals surface area contributed by atoms with Crippen molar-refractivity contribution in [1.82, 2.24) is 0 Å².